The maximum absolute atomic E-state index is 13.7. The van der Waals surface area contributed by atoms with E-state index in [0.29, 0.717) is 29.4 Å². The zero-order valence-corrected chi connectivity index (χ0v) is 22.9. The first kappa shape index (κ1) is 26.9. The van der Waals surface area contributed by atoms with Gasteiger partial charge >= 0.3 is 0 Å². The maximum atomic E-state index is 13.7. The molecule has 0 spiro atoms. The molecule has 5 rings (SSSR count). The topological polar surface area (TPSA) is 66.0 Å². The van der Waals surface area contributed by atoms with Crippen molar-refractivity contribution in [1.82, 2.24) is 24.7 Å². The molecule has 0 unspecified atom stereocenters. The van der Waals surface area contributed by atoms with Crippen LogP contribution in [0.5, 0.6) is 11.5 Å². The van der Waals surface area contributed by atoms with Crippen molar-refractivity contribution in [2.75, 3.05) is 71.8 Å². The minimum atomic E-state index is -0.468. The van der Waals surface area contributed by atoms with Gasteiger partial charge in [0.05, 0.1) is 15.9 Å². The summed E-state index contributed by atoms with van der Waals surface area (Å²) < 4.78 is 26.5. The highest BCUT2D eigenvalue weighted by molar-refractivity contribution is 6.31. The molecule has 2 fully saturated rings. The minimum Gasteiger partial charge on any atom is -0.492 e. The van der Waals surface area contributed by atoms with E-state index in [4.69, 9.17) is 21.1 Å². The van der Waals surface area contributed by atoms with Gasteiger partial charge in [-0.15, -0.1) is 0 Å². The van der Waals surface area contributed by atoms with Gasteiger partial charge in [0.2, 0.25) is 0 Å². The van der Waals surface area contributed by atoms with Crippen LogP contribution in [0.25, 0.3) is 10.9 Å². The Hall–Kier alpha value is -2.72. The Morgan fingerprint density at radius 3 is 2.63 bits per heavy atom. The first-order valence-corrected chi connectivity index (χ1v) is 13.7. The fourth-order valence-electron chi connectivity index (χ4n) is 5.01. The van der Waals surface area contributed by atoms with E-state index in [2.05, 4.69) is 44.1 Å². The van der Waals surface area contributed by atoms with Gasteiger partial charge in [0.25, 0.3) is 0 Å². The Labute approximate surface area is 228 Å². The molecular formula is C28H36ClFN6O2. The fourth-order valence-corrected chi connectivity index (χ4v) is 5.19. The van der Waals surface area contributed by atoms with Crippen LogP contribution in [0, 0.1) is 5.82 Å². The molecular weight excluding hydrogens is 507 g/mol. The van der Waals surface area contributed by atoms with Gasteiger partial charge in [-0.25, -0.2) is 14.4 Å². The second-order valence-corrected chi connectivity index (χ2v) is 10.7. The number of anilines is 2. The highest BCUT2D eigenvalue weighted by Gasteiger charge is 2.22. The van der Waals surface area contributed by atoms with E-state index in [1.54, 1.807) is 12.1 Å². The third-order valence-corrected chi connectivity index (χ3v) is 7.59. The summed E-state index contributed by atoms with van der Waals surface area (Å²) in [5.41, 5.74) is 1.34. The number of likely N-dealkylation sites (tertiary alicyclic amines) is 1. The lowest BCUT2D eigenvalue weighted by molar-refractivity contribution is 0.115. The summed E-state index contributed by atoms with van der Waals surface area (Å²) in [6.07, 6.45) is 4.65. The number of likely N-dealkylation sites (N-methyl/N-ethyl adjacent to an activating group) is 1. The number of hydrogen-bond acceptors (Lipinski definition) is 8. The van der Waals surface area contributed by atoms with Crippen LogP contribution in [-0.4, -0.2) is 97.3 Å². The molecule has 8 nitrogen and oxygen atoms in total. The second kappa shape index (κ2) is 12.4. The van der Waals surface area contributed by atoms with Gasteiger partial charge < -0.3 is 24.6 Å². The molecule has 1 aromatic heterocycles. The number of halogens is 2. The van der Waals surface area contributed by atoms with Gasteiger partial charge in [-0.1, -0.05) is 11.6 Å². The number of fused-ring (bicyclic) bond motifs is 1. The largest absolute Gasteiger partial charge is 0.492 e. The molecule has 204 valence electrons. The molecule has 1 N–H and O–H groups in total. The number of piperidine rings is 1. The van der Waals surface area contributed by atoms with E-state index < -0.39 is 5.82 Å². The van der Waals surface area contributed by atoms with Crippen LogP contribution in [-0.2, 0) is 0 Å². The molecule has 0 atom stereocenters. The first-order chi connectivity index (χ1) is 18.4. The predicted octanol–water partition coefficient (Wildman–Crippen LogP) is 4.66. The average Bonchev–Trinajstić information content (AvgIpc) is 3.11. The van der Waals surface area contributed by atoms with Crippen LogP contribution in [0.4, 0.5) is 15.9 Å². The molecule has 10 heteroatoms. The van der Waals surface area contributed by atoms with E-state index in [0.717, 1.165) is 69.8 Å². The SMILES string of the molecule is CN1CCC(Oc2cc(OCCN3CCCN(C)CC3)cc3ncnc(Nc4ccc(F)c(Cl)c4)c23)CC1. The average molecular weight is 543 g/mol. The lowest BCUT2D eigenvalue weighted by atomic mass is 10.1. The number of nitrogens with zero attached hydrogens (tertiary/aromatic N) is 5. The highest BCUT2D eigenvalue weighted by Crippen LogP contribution is 2.37. The van der Waals surface area contributed by atoms with Crippen molar-refractivity contribution < 1.29 is 13.9 Å². The van der Waals surface area contributed by atoms with Gasteiger partial charge in [-0.2, -0.15) is 0 Å². The van der Waals surface area contributed by atoms with Crippen LogP contribution in [0.3, 0.4) is 0 Å². The van der Waals surface area contributed by atoms with Crippen LogP contribution in [0.2, 0.25) is 5.02 Å². The molecule has 38 heavy (non-hydrogen) atoms. The van der Waals surface area contributed by atoms with Gasteiger partial charge in [0.1, 0.15) is 42.2 Å². The molecule has 0 saturated carbocycles. The second-order valence-electron chi connectivity index (χ2n) is 10.3. The molecule has 2 aromatic carbocycles. The molecule has 3 aromatic rings. The fraction of sp³-hybridized carbons (Fsp3) is 0.500. The summed E-state index contributed by atoms with van der Waals surface area (Å²) in [7, 11) is 4.31. The van der Waals surface area contributed by atoms with Crippen LogP contribution in [0.15, 0.2) is 36.7 Å². The van der Waals surface area contributed by atoms with Crippen LogP contribution >= 0.6 is 11.6 Å². The Kier molecular flexibility index (Phi) is 8.79. The molecule has 0 aliphatic carbocycles. The van der Waals surface area contributed by atoms with Crippen molar-refractivity contribution in [2.45, 2.75) is 25.4 Å². The highest BCUT2D eigenvalue weighted by atomic mass is 35.5. The zero-order valence-electron chi connectivity index (χ0n) is 22.1. The lowest BCUT2D eigenvalue weighted by Crippen LogP contribution is -2.35. The minimum absolute atomic E-state index is 0.0444. The molecule has 3 heterocycles. The lowest BCUT2D eigenvalue weighted by Gasteiger charge is -2.30. The van der Waals surface area contributed by atoms with Gasteiger partial charge in [0, 0.05) is 50.5 Å². The van der Waals surface area contributed by atoms with Crippen LogP contribution in [0.1, 0.15) is 19.3 Å². The Bertz CT molecular complexity index is 1240. The number of benzene rings is 2. The zero-order chi connectivity index (χ0) is 26.5. The Morgan fingerprint density at radius 1 is 1.00 bits per heavy atom. The van der Waals surface area contributed by atoms with Crippen molar-refractivity contribution in [2.24, 2.45) is 0 Å². The third-order valence-electron chi connectivity index (χ3n) is 7.31. The monoisotopic (exact) mass is 542 g/mol. The smallest absolute Gasteiger partial charge is 0.145 e. The van der Waals surface area contributed by atoms with E-state index in [1.165, 1.54) is 18.8 Å². The standard InChI is InChI=1S/C28H36ClFN6O2/c1-34-8-3-9-36(13-12-34)14-15-37-22-17-25-27(26(18-22)38-21-6-10-35(2)11-7-21)28(32-19-31-25)33-20-4-5-24(30)23(29)16-20/h4-5,16-19,21H,3,6-15H2,1-2H3,(H,31,32,33). The normalized spacial score (nSPS) is 18.4. The summed E-state index contributed by atoms with van der Waals surface area (Å²) in [5.74, 6) is 1.51. The quantitative estimate of drug-likeness (QED) is 0.441. The molecule has 2 saturated heterocycles. The van der Waals surface area contributed by atoms with Gasteiger partial charge in [-0.05, 0) is 64.6 Å². The summed E-state index contributed by atoms with van der Waals surface area (Å²) in [5, 5.41) is 4.08. The predicted molar refractivity (Wildman–Crippen MR) is 149 cm³/mol. The van der Waals surface area contributed by atoms with Crippen LogP contribution < -0.4 is 14.8 Å². The van der Waals surface area contributed by atoms with E-state index in [-0.39, 0.29) is 11.1 Å². The number of rotatable bonds is 8. The van der Waals surface area contributed by atoms with Crippen molar-refractivity contribution in [3.63, 3.8) is 0 Å². The summed E-state index contributed by atoms with van der Waals surface area (Å²) >= 11 is 6.01. The number of nitrogens with one attached hydrogen (secondary N) is 1. The van der Waals surface area contributed by atoms with Crippen molar-refractivity contribution in [3.8, 4) is 11.5 Å². The number of ether oxygens (including phenoxy) is 2. The number of aromatic nitrogens is 2. The summed E-state index contributed by atoms with van der Waals surface area (Å²) in [4.78, 5) is 16.2. The van der Waals surface area contributed by atoms with E-state index in [1.807, 2.05) is 12.1 Å². The van der Waals surface area contributed by atoms with Gasteiger partial charge in [0.15, 0.2) is 0 Å². The summed E-state index contributed by atoms with van der Waals surface area (Å²) in [6.45, 7) is 7.80. The molecule has 2 aliphatic rings. The molecule has 0 amide bonds. The Morgan fingerprint density at radius 2 is 1.82 bits per heavy atom. The van der Waals surface area contributed by atoms with E-state index >= 15 is 0 Å². The van der Waals surface area contributed by atoms with Gasteiger partial charge in [-0.3, -0.25) is 4.90 Å². The number of hydrogen-bond donors (Lipinski definition) is 1. The van der Waals surface area contributed by atoms with E-state index in [9.17, 15) is 4.39 Å². The molecule has 0 radical (unpaired) electrons. The summed E-state index contributed by atoms with van der Waals surface area (Å²) in [6, 6.07) is 8.38. The van der Waals surface area contributed by atoms with Crippen molar-refractivity contribution in [1.29, 1.82) is 0 Å². The first-order valence-electron chi connectivity index (χ1n) is 13.3. The van der Waals surface area contributed by atoms with Crippen molar-refractivity contribution >= 4 is 34.0 Å². The maximum Gasteiger partial charge on any atom is 0.145 e. The van der Waals surface area contributed by atoms with Crippen molar-refractivity contribution in [3.05, 3.63) is 47.5 Å². The Balaban J connectivity index is 1.39. The molecule has 2 aliphatic heterocycles. The third kappa shape index (κ3) is 6.83. The molecule has 0 bridgehead atoms.